The van der Waals surface area contributed by atoms with E-state index in [1.54, 1.807) is 6.92 Å². The van der Waals surface area contributed by atoms with E-state index >= 15 is 0 Å². The lowest BCUT2D eigenvalue weighted by Gasteiger charge is -2.33. The summed E-state index contributed by atoms with van der Waals surface area (Å²) >= 11 is 0. The first-order chi connectivity index (χ1) is 7.58. The molecule has 96 valence electrons. The minimum atomic E-state index is -0.182. The van der Waals surface area contributed by atoms with Crippen molar-refractivity contribution < 1.29 is 24.2 Å². The van der Waals surface area contributed by atoms with Crippen LogP contribution in [0.1, 0.15) is 19.8 Å². The smallest absolute Gasteiger partial charge is 0.305 e. The molecule has 0 bridgehead atoms. The van der Waals surface area contributed by atoms with Crippen molar-refractivity contribution in [1.29, 1.82) is 0 Å². The molecule has 0 fully saturated rings. The summed E-state index contributed by atoms with van der Waals surface area (Å²) in [4.78, 5) is 10.9. The van der Waals surface area contributed by atoms with Gasteiger partial charge >= 0.3 is 5.97 Å². The van der Waals surface area contributed by atoms with Gasteiger partial charge in [-0.25, -0.2) is 0 Å². The van der Waals surface area contributed by atoms with Crippen molar-refractivity contribution >= 4 is 5.97 Å². The number of hydrogen-bond acceptors (Lipinski definition) is 4. The van der Waals surface area contributed by atoms with Gasteiger partial charge in [0.25, 0.3) is 0 Å². The maximum absolute atomic E-state index is 10.9. The highest BCUT2D eigenvalue weighted by Crippen LogP contribution is 2.03. The molecule has 0 aromatic rings. The molecule has 0 radical (unpaired) electrons. The van der Waals surface area contributed by atoms with E-state index in [-0.39, 0.29) is 19.2 Å². The second kappa shape index (κ2) is 8.50. The van der Waals surface area contributed by atoms with E-state index in [1.165, 1.54) is 0 Å². The minimum Gasteiger partial charge on any atom is -0.465 e. The number of nitrogens with zero attached hydrogens (tertiary/aromatic N) is 1. The van der Waals surface area contributed by atoms with E-state index < -0.39 is 0 Å². The van der Waals surface area contributed by atoms with Crippen LogP contribution < -0.4 is 0 Å². The molecule has 2 N–H and O–H groups in total. The Balaban J connectivity index is 3.79. The third kappa shape index (κ3) is 6.76. The first-order valence-corrected chi connectivity index (χ1v) is 5.79. The second-order valence-corrected chi connectivity index (χ2v) is 4.17. The summed E-state index contributed by atoms with van der Waals surface area (Å²) < 4.78 is 5.58. The summed E-state index contributed by atoms with van der Waals surface area (Å²) in [6, 6.07) is 0. The molecule has 0 aromatic heterocycles. The second-order valence-electron chi connectivity index (χ2n) is 4.17. The van der Waals surface area contributed by atoms with Gasteiger partial charge in [0.15, 0.2) is 0 Å². The number of aliphatic hydroxyl groups excluding tert-OH is 2. The molecule has 0 rings (SSSR count). The van der Waals surface area contributed by atoms with Crippen molar-refractivity contribution in [3.8, 4) is 0 Å². The summed E-state index contributed by atoms with van der Waals surface area (Å²) in [7, 11) is 1.98. The van der Waals surface area contributed by atoms with Gasteiger partial charge in [0, 0.05) is 12.8 Å². The lowest BCUT2D eigenvalue weighted by atomic mass is 10.3. The zero-order valence-electron chi connectivity index (χ0n) is 10.3. The third-order valence-corrected chi connectivity index (χ3v) is 2.67. The SMILES string of the molecule is CCC(=O)OCCC[N+](C)(CCO)CCO. The minimum absolute atomic E-state index is 0.102. The summed E-state index contributed by atoms with van der Waals surface area (Å²) in [6.45, 7) is 4.40. The zero-order chi connectivity index (χ0) is 12.4. The lowest BCUT2D eigenvalue weighted by Crippen LogP contribution is -2.49. The van der Waals surface area contributed by atoms with Gasteiger partial charge in [0.1, 0.15) is 13.1 Å². The molecule has 0 atom stereocenters. The van der Waals surface area contributed by atoms with Crippen molar-refractivity contribution in [2.75, 3.05) is 46.5 Å². The molecule has 0 aliphatic heterocycles. The summed E-state index contributed by atoms with van der Waals surface area (Å²) in [5, 5.41) is 17.9. The number of aliphatic hydroxyl groups is 2. The molecule has 0 spiro atoms. The number of esters is 1. The average Bonchev–Trinajstić information content (AvgIpc) is 2.25. The average molecular weight is 234 g/mol. The third-order valence-electron chi connectivity index (χ3n) is 2.67. The molecule has 0 heterocycles. The highest BCUT2D eigenvalue weighted by molar-refractivity contribution is 5.68. The largest absolute Gasteiger partial charge is 0.465 e. The van der Waals surface area contributed by atoms with Crippen molar-refractivity contribution in [2.24, 2.45) is 0 Å². The summed E-state index contributed by atoms with van der Waals surface area (Å²) in [5.74, 6) is -0.182. The van der Waals surface area contributed by atoms with Crippen molar-refractivity contribution in [3.63, 3.8) is 0 Å². The molecule has 0 amide bonds. The number of ether oxygens (including phenoxy) is 1. The van der Waals surface area contributed by atoms with Gasteiger partial charge < -0.3 is 19.4 Å². The fourth-order valence-corrected chi connectivity index (χ4v) is 1.55. The number of carbonyl (C=O) groups excluding carboxylic acids is 1. The Labute approximate surface area is 97.2 Å². The molecule has 0 aliphatic rings. The Bertz CT molecular complexity index is 190. The van der Waals surface area contributed by atoms with Crippen LogP contribution in [0.4, 0.5) is 0 Å². The van der Waals surface area contributed by atoms with Crippen molar-refractivity contribution in [1.82, 2.24) is 0 Å². The number of carbonyl (C=O) groups is 1. The number of quaternary nitrogens is 1. The van der Waals surface area contributed by atoms with Crippen LogP contribution in [-0.2, 0) is 9.53 Å². The van der Waals surface area contributed by atoms with E-state index in [2.05, 4.69) is 0 Å². The van der Waals surface area contributed by atoms with Gasteiger partial charge in [0.2, 0.25) is 0 Å². The molecule has 0 aliphatic carbocycles. The van der Waals surface area contributed by atoms with E-state index in [0.29, 0.717) is 30.6 Å². The molecular formula is C11H24NO4+. The van der Waals surface area contributed by atoms with Crippen LogP contribution in [0, 0.1) is 0 Å². The maximum atomic E-state index is 10.9. The zero-order valence-corrected chi connectivity index (χ0v) is 10.3. The monoisotopic (exact) mass is 234 g/mol. The molecule has 0 aromatic carbocycles. The van der Waals surface area contributed by atoms with E-state index in [4.69, 9.17) is 14.9 Å². The van der Waals surface area contributed by atoms with Crippen molar-refractivity contribution in [3.05, 3.63) is 0 Å². The first-order valence-electron chi connectivity index (χ1n) is 5.79. The van der Waals surface area contributed by atoms with Gasteiger partial charge in [0.05, 0.1) is 33.4 Å². The van der Waals surface area contributed by atoms with E-state index in [1.807, 2.05) is 7.05 Å². The van der Waals surface area contributed by atoms with Gasteiger partial charge in [-0.2, -0.15) is 0 Å². The molecule has 0 unspecified atom stereocenters. The van der Waals surface area contributed by atoms with Gasteiger partial charge in [-0.05, 0) is 0 Å². The predicted molar refractivity (Wildman–Crippen MR) is 60.8 cm³/mol. The van der Waals surface area contributed by atoms with Crippen LogP contribution in [-0.4, -0.2) is 67.2 Å². The predicted octanol–water partition coefficient (Wildman–Crippen LogP) is -0.239. The Hall–Kier alpha value is -0.650. The van der Waals surface area contributed by atoms with Gasteiger partial charge in [-0.3, -0.25) is 4.79 Å². The fourth-order valence-electron chi connectivity index (χ4n) is 1.55. The Morgan fingerprint density at radius 2 is 1.75 bits per heavy atom. The standard InChI is InChI=1S/C11H24NO4/c1-3-11(15)16-10-4-5-12(2,6-8-13)7-9-14/h13-14H,3-10H2,1-2H3/q+1. The summed E-state index contributed by atoms with van der Waals surface area (Å²) in [5.41, 5.74) is 0. The molecule has 5 nitrogen and oxygen atoms in total. The topological polar surface area (TPSA) is 66.8 Å². The Kier molecular flexibility index (Phi) is 8.15. The Morgan fingerprint density at radius 1 is 1.19 bits per heavy atom. The van der Waals surface area contributed by atoms with Crippen molar-refractivity contribution in [2.45, 2.75) is 19.8 Å². The van der Waals surface area contributed by atoms with Crippen LogP contribution in [0.25, 0.3) is 0 Å². The van der Waals surface area contributed by atoms with E-state index in [9.17, 15) is 4.79 Å². The van der Waals surface area contributed by atoms with Crippen LogP contribution in [0.5, 0.6) is 0 Å². The highest BCUT2D eigenvalue weighted by atomic mass is 16.5. The number of rotatable bonds is 9. The Morgan fingerprint density at radius 3 is 2.19 bits per heavy atom. The van der Waals surface area contributed by atoms with Crippen LogP contribution in [0.3, 0.4) is 0 Å². The molecule has 0 saturated carbocycles. The van der Waals surface area contributed by atoms with Gasteiger partial charge in [-0.15, -0.1) is 0 Å². The highest BCUT2D eigenvalue weighted by Gasteiger charge is 2.19. The molecule has 5 heteroatoms. The molecule has 16 heavy (non-hydrogen) atoms. The van der Waals surface area contributed by atoms with Crippen LogP contribution >= 0.6 is 0 Å². The lowest BCUT2D eigenvalue weighted by molar-refractivity contribution is -0.910. The first kappa shape index (κ1) is 15.3. The number of hydrogen-bond donors (Lipinski definition) is 2. The quantitative estimate of drug-likeness (QED) is 0.328. The van der Waals surface area contributed by atoms with Crippen LogP contribution in [0.2, 0.25) is 0 Å². The molecule has 0 saturated heterocycles. The van der Waals surface area contributed by atoms with E-state index in [0.717, 1.165) is 13.0 Å². The maximum Gasteiger partial charge on any atom is 0.305 e. The molecular weight excluding hydrogens is 210 g/mol. The summed E-state index contributed by atoms with van der Waals surface area (Å²) in [6.07, 6.45) is 1.15. The van der Waals surface area contributed by atoms with Crippen LogP contribution in [0.15, 0.2) is 0 Å². The number of likely N-dealkylation sites (N-methyl/N-ethyl adjacent to an activating group) is 1. The van der Waals surface area contributed by atoms with Gasteiger partial charge in [-0.1, -0.05) is 6.92 Å². The fraction of sp³-hybridized carbons (Fsp3) is 0.909. The normalized spacial score (nSPS) is 11.5.